The Morgan fingerprint density at radius 1 is 1.10 bits per heavy atom. The lowest BCUT2D eigenvalue weighted by Gasteiger charge is -2.37. The van der Waals surface area contributed by atoms with Crippen LogP contribution in [0.1, 0.15) is 5.56 Å². The van der Waals surface area contributed by atoms with Crippen molar-refractivity contribution in [2.75, 3.05) is 17.3 Å². The van der Waals surface area contributed by atoms with Crippen molar-refractivity contribution in [3.63, 3.8) is 0 Å². The number of urea groups is 1. The van der Waals surface area contributed by atoms with E-state index in [-0.39, 0.29) is 5.91 Å². The molecule has 0 aromatic heterocycles. The zero-order valence-electron chi connectivity index (χ0n) is 15.8. The second-order valence-electron chi connectivity index (χ2n) is 7.07. The van der Waals surface area contributed by atoms with Gasteiger partial charge in [0.15, 0.2) is 0 Å². The van der Waals surface area contributed by atoms with Crippen LogP contribution in [0.25, 0.3) is 0 Å². The van der Waals surface area contributed by atoms with Gasteiger partial charge in [0, 0.05) is 13.2 Å². The van der Waals surface area contributed by atoms with E-state index in [1.54, 1.807) is 54.5 Å². The topological polar surface area (TPSA) is 81.8 Å². The average Bonchev–Trinajstić information content (AvgIpc) is 3.01. The van der Waals surface area contributed by atoms with Crippen LogP contribution in [-0.4, -0.2) is 41.9 Å². The number of hydrogen-bond acceptors (Lipinski definition) is 4. The molecule has 7 nitrogen and oxygen atoms in total. The van der Waals surface area contributed by atoms with E-state index in [1.165, 1.54) is 0 Å². The maximum Gasteiger partial charge on any atom is 0.329 e. The number of rotatable bonds is 3. The molecule has 2 aliphatic heterocycles. The normalized spacial score (nSPS) is 20.9. The van der Waals surface area contributed by atoms with Crippen LogP contribution in [0.3, 0.4) is 0 Å². The summed E-state index contributed by atoms with van der Waals surface area (Å²) >= 11 is 6.11. The Morgan fingerprint density at radius 3 is 2.48 bits per heavy atom. The molecule has 1 fully saturated rings. The van der Waals surface area contributed by atoms with Crippen molar-refractivity contribution in [1.82, 2.24) is 10.2 Å². The lowest BCUT2D eigenvalue weighted by molar-refractivity contribution is -0.122. The number of carbonyl (C=O) groups is 3. The van der Waals surface area contributed by atoms with E-state index in [0.29, 0.717) is 22.0 Å². The van der Waals surface area contributed by atoms with Gasteiger partial charge >= 0.3 is 6.03 Å². The van der Waals surface area contributed by atoms with E-state index in [0.717, 1.165) is 10.5 Å². The lowest BCUT2D eigenvalue weighted by atomic mass is 9.99. The molecule has 2 atom stereocenters. The molecule has 0 aliphatic carbocycles. The first-order valence-corrected chi connectivity index (χ1v) is 9.45. The number of amides is 4. The minimum atomic E-state index is -0.746. The van der Waals surface area contributed by atoms with Gasteiger partial charge in [-0.15, -0.1) is 0 Å². The van der Waals surface area contributed by atoms with Crippen molar-refractivity contribution >= 4 is 40.8 Å². The molecule has 2 aromatic rings. The first kappa shape index (κ1) is 19.0. The number of halogens is 1. The van der Waals surface area contributed by atoms with Crippen LogP contribution < -0.4 is 15.5 Å². The highest BCUT2D eigenvalue weighted by Crippen LogP contribution is 2.30. The number of hydrogen-bond donors (Lipinski definition) is 2. The van der Waals surface area contributed by atoms with E-state index in [9.17, 15) is 14.4 Å². The molecule has 29 heavy (non-hydrogen) atoms. The summed E-state index contributed by atoms with van der Waals surface area (Å²) in [6.07, 6.45) is 1.58. The van der Waals surface area contributed by atoms with Gasteiger partial charge in [0.25, 0.3) is 11.8 Å². The minimum Gasteiger partial charge on any atom is -0.366 e. The Balaban J connectivity index is 1.58. The molecule has 148 valence electrons. The fraction of sp³-hybridized carbons (Fsp3) is 0.190. The van der Waals surface area contributed by atoms with Crippen molar-refractivity contribution in [3.8, 4) is 0 Å². The number of nitrogens with zero attached hydrogens (tertiary/aromatic N) is 2. The number of likely N-dealkylation sites (N-methyl/N-ethyl adjacent to an activating group) is 1. The van der Waals surface area contributed by atoms with Crippen molar-refractivity contribution in [3.05, 3.63) is 70.9 Å². The van der Waals surface area contributed by atoms with Gasteiger partial charge in [-0.25, -0.2) is 9.69 Å². The van der Waals surface area contributed by atoms with Gasteiger partial charge in [0.05, 0.1) is 28.0 Å². The fourth-order valence-electron chi connectivity index (χ4n) is 3.58. The van der Waals surface area contributed by atoms with Gasteiger partial charge < -0.3 is 15.5 Å². The third-order valence-corrected chi connectivity index (χ3v) is 5.39. The second kappa shape index (κ2) is 7.25. The molecule has 0 radical (unpaired) electrons. The number of imide groups is 1. The predicted octanol–water partition coefficient (Wildman–Crippen LogP) is 2.91. The molecular weight excluding hydrogens is 392 g/mol. The van der Waals surface area contributed by atoms with E-state index < -0.39 is 24.0 Å². The summed E-state index contributed by atoms with van der Waals surface area (Å²) in [7, 11) is 1.70. The van der Waals surface area contributed by atoms with Crippen molar-refractivity contribution in [2.45, 2.75) is 19.0 Å². The van der Waals surface area contributed by atoms with E-state index in [1.807, 2.05) is 19.1 Å². The predicted molar refractivity (Wildman–Crippen MR) is 111 cm³/mol. The monoisotopic (exact) mass is 410 g/mol. The minimum absolute atomic E-state index is 0.294. The zero-order valence-corrected chi connectivity index (χ0v) is 16.6. The highest BCUT2D eigenvalue weighted by molar-refractivity contribution is 6.34. The molecule has 8 heteroatoms. The Bertz CT molecular complexity index is 1030. The van der Waals surface area contributed by atoms with Crippen LogP contribution in [0.15, 0.2) is 60.3 Å². The molecule has 0 saturated carbocycles. The Morgan fingerprint density at radius 2 is 1.79 bits per heavy atom. The Kier molecular flexibility index (Phi) is 4.76. The second-order valence-corrected chi connectivity index (χ2v) is 7.47. The van der Waals surface area contributed by atoms with Crippen LogP contribution in [0.5, 0.6) is 0 Å². The molecule has 4 rings (SSSR count). The highest BCUT2D eigenvalue weighted by atomic mass is 35.5. The summed E-state index contributed by atoms with van der Waals surface area (Å²) in [6, 6.07) is 12.0. The average molecular weight is 411 g/mol. The number of para-hydroxylation sites is 1. The van der Waals surface area contributed by atoms with E-state index in [4.69, 9.17) is 11.6 Å². The zero-order chi connectivity index (χ0) is 20.7. The number of anilines is 2. The number of benzene rings is 2. The van der Waals surface area contributed by atoms with Gasteiger partial charge in [0.1, 0.15) is 6.04 Å². The van der Waals surface area contributed by atoms with Gasteiger partial charge in [-0.3, -0.25) is 9.59 Å². The van der Waals surface area contributed by atoms with Gasteiger partial charge in [-0.2, -0.15) is 0 Å². The molecular formula is C21H19ClN4O3. The number of carbonyl (C=O) groups excluding carboxylic acids is 3. The maximum absolute atomic E-state index is 13.1. The standard InChI is InChI=1S/C21H19ClN4O3/c1-12-7-9-13(10-8-12)26-20(28)18-17(24-21(26)29)14(11-25(18)2)19(27)23-16-6-4-3-5-15(16)22/h3-11,17-18H,1-2H3,(H,23,27)(H,24,29). The van der Waals surface area contributed by atoms with Gasteiger partial charge in [-0.1, -0.05) is 41.4 Å². The quantitative estimate of drug-likeness (QED) is 0.815. The van der Waals surface area contributed by atoms with E-state index >= 15 is 0 Å². The summed E-state index contributed by atoms with van der Waals surface area (Å²) in [5.74, 6) is -0.809. The number of nitrogens with one attached hydrogen (secondary N) is 2. The molecule has 0 bridgehead atoms. The summed E-state index contributed by atoms with van der Waals surface area (Å²) in [5.41, 5.74) is 2.26. The fourth-order valence-corrected chi connectivity index (χ4v) is 3.77. The summed E-state index contributed by atoms with van der Waals surface area (Å²) < 4.78 is 0. The molecule has 2 heterocycles. The summed E-state index contributed by atoms with van der Waals surface area (Å²) in [5, 5.41) is 5.94. The third-order valence-electron chi connectivity index (χ3n) is 5.06. The largest absolute Gasteiger partial charge is 0.366 e. The maximum atomic E-state index is 13.1. The lowest BCUT2D eigenvalue weighted by Crippen LogP contribution is -2.65. The first-order chi connectivity index (χ1) is 13.9. The van der Waals surface area contributed by atoms with Gasteiger partial charge in [0.2, 0.25) is 0 Å². The van der Waals surface area contributed by atoms with Gasteiger partial charge in [-0.05, 0) is 31.2 Å². The van der Waals surface area contributed by atoms with Crippen molar-refractivity contribution < 1.29 is 14.4 Å². The SMILES string of the molecule is Cc1ccc(N2C(=O)NC3C(C(=O)Nc4ccccc4Cl)=CN(C)C3C2=O)cc1. The Labute approximate surface area is 172 Å². The third kappa shape index (κ3) is 3.34. The van der Waals surface area contributed by atoms with Crippen LogP contribution in [0.4, 0.5) is 16.2 Å². The summed E-state index contributed by atoms with van der Waals surface area (Å²) in [4.78, 5) is 41.4. The number of fused-ring (bicyclic) bond motifs is 1. The molecule has 2 unspecified atom stereocenters. The van der Waals surface area contributed by atoms with Crippen LogP contribution in [0.2, 0.25) is 5.02 Å². The van der Waals surface area contributed by atoms with Crippen LogP contribution >= 0.6 is 11.6 Å². The first-order valence-electron chi connectivity index (χ1n) is 9.07. The highest BCUT2D eigenvalue weighted by Gasteiger charge is 2.49. The Hall–Kier alpha value is -3.32. The smallest absolute Gasteiger partial charge is 0.329 e. The molecule has 2 N–H and O–H groups in total. The van der Waals surface area contributed by atoms with Crippen LogP contribution in [0, 0.1) is 6.92 Å². The van der Waals surface area contributed by atoms with Crippen molar-refractivity contribution in [1.29, 1.82) is 0 Å². The van der Waals surface area contributed by atoms with Crippen LogP contribution in [-0.2, 0) is 9.59 Å². The number of aryl methyl sites for hydroxylation is 1. The summed E-state index contributed by atoms with van der Waals surface area (Å²) in [6.45, 7) is 1.93. The molecule has 2 aromatic carbocycles. The molecule has 2 aliphatic rings. The van der Waals surface area contributed by atoms with Crippen molar-refractivity contribution in [2.24, 2.45) is 0 Å². The molecule has 1 saturated heterocycles. The molecule has 0 spiro atoms. The molecule has 4 amide bonds. The van der Waals surface area contributed by atoms with E-state index in [2.05, 4.69) is 10.6 Å².